The molecule has 2 nitrogen and oxygen atoms in total. The van der Waals surface area contributed by atoms with Gasteiger partial charge in [-0.15, -0.1) is 0 Å². The maximum absolute atomic E-state index is 12.0. The maximum Gasteiger partial charge on any atom is 0.251 e. The normalized spacial score (nSPS) is 19.6. The molecule has 0 bridgehead atoms. The number of halogens is 2. The van der Waals surface area contributed by atoms with Crippen LogP contribution in [-0.4, -0.2) is 23.5 Å². The topological polar surface area (TPSA) is 29.1 Å². The molecule has 1 N–H and O–H groups in total. The van der Waals surface area contributed by atoms with Gasteiger partial charge in [0.05, 0.1) is 5.02 Å². The van der Waals surface area contributed by atoms with E-state index in [1.807, 2.05) is 11.8 Å². The fourth-order valence-corrected chi connectivity index (χ4v) is 3.65. The minimum Gasteiger partial charge on any atom is -0.351 e. The van der Waals surface area contributed by atoms with Gasteiger partial charge in [0.1, 0.15) is 0 Å². The van der Waals surface area contributed by atoms with Crippen LogP contribution in [0.5, 0.6) is 0 Å². The predicted octanol–water partition coefficient (Wildman–Crippen LogP) is 4.12. The summed E-state index contributed by atoms with van der Waals surface area (Å²) in [6.45, 7) is 0.754. The number of benzene rings is 1. The maximum atomic E-state index is 12.0. The van der Waals surface area contributed by atoms with Crippen LogP contribution in [0.2, 0.25) is 5.02 Å². The average molecular weight is 349 g/mol. The first-order chi connectivity index (χ1) is 8.66. The lowest BCUT2D eigenvalue weighted by Gasteiger charge is -2.21. The molecule has 1 amide bonds. The monoisotopic (exact) mass is 347 g/mol. The Morgan fingerprint density at radius 2 is 2.33 bits per heavy atom. The molecule has 0 aliphatic carbocycles. The summed E-state index contributed by atoms with van der Waals surface area (Å²) in [5.41, 5.74) is 0.645. The second-order valence-corrected chi connectivity index (χ2v) is 7.00. The molecular formula is C13H15BrClNOS. The Labute approximate surface area is 125 Å². The lowest BCUT2D eigenvalue weighted by molar-refractivity contribution is 0.0953. The van der Waals surface area contributed by atoms with Crippen LogP contribution >= 0.6 is 39.3 Å². The van der Waals surface area contributed by atoms with E-state index in [2.05, 4.69) is 21.2 Å². The van der Waals surface area contributed by atoms with Gasteiger partial charge in [-0.3, -0.25) is 4.79 Å². The van der Waals surface area contributed by atoms with E-state index in [0.717, 1.165) is 11.0 Å². The molecule has 1 aromatic rings. The zero-order valence-corrected chi connectivity index (χ0v) is 13.1. The van der Waals surface area contributed by atoms with Crippen molar-refractivity contribution in [1.29, 1.82) is 0 Å². The minimum atomic E-state index is -0.0291. The molecule has 2 rings (SSSR count). The molecule has 1 aromatic carbocycles. The first-order valence-electron chi connectivity index (χ1n) is 6.01. The van der Waals surface area contributed by atoms with E-state index in [4.69, 9.17) is 11.6 Å². The SMILES string of the molecule is O=C(NCC1CCCCS1)c1ccc(Cl)c(Br)c1. The highest BCUT2D eigenvalue weighted by molar-refractivity contribution is 9.10. The van der Waals surface area contributed by atoms with Gasteiger partial charge in [0.15, 0.2) is 0 Å². The predicted molar refractivity (Wildman–Crippen MR) is 81.6 cm³/mol. The molecule has 1 unspecified atom stereocenters. The van der Waals surface area contributed by atoms with Crippen LogP contribution in [-0.2, 0) is 0 Å². The molecule has 1 heterocycles. The summed E-state index contributed by atoms with van der Waals surface area (Å²) < 4.78 is 0.754. The molecule has 0 spiro atoms. The molecular weight excluding hydrogens is 334 g/mol. The van der Waals surface area contributed by atoms with Crippen molar-refractivity contribution in [2.45, 2.75) is 24.5 Å². The molecule has 1 fully saturated rings. The number of hydrogen-bond donors (Lipinski definition) is 1. The summed E-state index contributed by atoms with van der Waals surface area (Å²) >= 11 is 11.2. The van der Waals surface area contributed by atoms with Crippen LogP contribution in [0, 0.1) is 0 Å². The fraction of sp³-hybridized carbons (Fsp3) is 0.462. The average Bonchev–Trinajstić information content (AvgIpc) is 2.40. The summed E-state index contributed by atoms with van der Waals surface area (Å²) in [6.07, 6.45) is 3.79. The van der Waals surface area contributed by atoms with Gasteiger partial charge < -0.3 is 5.32 Å². The molecule has 0 radical (unpaired) electrons. The third kappa shape index (κ3) is 3.90. The summed E-state index contributed by atoms with van der Waals surface area (Å²) in [4.78, 5) is 12.0. The van der Waals surface area contributed by atoms with Crippen molar-refractivity contribution in [3.8, 4) is 0 Å². The van der Waals surface area contributed by atoms with Crippen LogP contribution < -0.4 is 5.32 Å². The number of rotatable bonds is 3. The number of carbonyl (C=O) groups excluding carboxylic acids is 1. The molecule has 1 saturated heterocycles. The van der Waals surface area contributed by atoms with Crippen molar-refractivity contribution in [3.63, 3.8) is 0 Å². The Morgan fingerprint density at radius 3 is 3.00 bits per heavy atom. The summed E-state index contributed by atoms with van der Waals surface area (Å²) in [7, 11) is 0. The van der Waals surface area contributed by atoms with Crippen LogP contribution in [0.4, 0.5) is 0 Å². The van der Waals surface area contributed by atoms with Crippen LogP contribution in [0.15, 0.2) is 22.7 Å². The summed E-state index contributed by atoms with van der Waals surface area (Å²) in [5.74, 6) is 1.19. The second kappa shape index (κ2) is 6.83. The Bertz CT molecular complexity index is 435. The summed E-state index contributed by atoms with van der Waals surface area (Å²) in [6, 6.07) is 5.23. The Kier molecular flexibility index (Phi) is 5.39. The third-order valence-corrected chi connectivity index (χ3v) is 5.56. The van der Waals surface area contributed by atoms with E-state index < -0.39 is 0 Å². The first-order valence-corrected chi connectivity index (χ1v) is 8.23. The van der Waals surface area contributed by atoms with Gasteiger partial charge in [0, 0.05) is 21.8 Å². The van der Waals surface area contributed by atoms with Gasteiger partial charge in [0.25, 0.3) is 5.91 Å². The standard InChI is InChI=1S/C13H15BrClNOS/c14-11-7-9(4-5-12(11)15)13(17)16-8-10-3-1-2-6-18-10/h4-5,7,10H,1-3,6,8H2,(H,16,17). The van der Waals surface area contributed by atoms with Gasteiger partial charge in [-0.2, -0.15) is 11.8 Å². The van der Waals surface area contributed by atoms with Crippen molar-refractivity contribution < 1.29 is 4.79 Å². The van der Waals surface area contributed by atoms with Crippen molar-refractivity contribution in [2.24, 2.45) is 0 Å². The van der Waals surface area contributed by atoms with E-state index >= 15 is 0 Å². The highest BCUT2D eigenvalue weighted by Gasteiger charge is 2.15. The highest BCUT2D eigenvalue weighted by Crippen LogP contribution is 2.25. The third-order valence-electron chi connectivity index (χ3n) is 2.95. The van der Waals surface area contributed by atoms with Crippen LogP contribution in [0.25, 0.3) is 0 Å². The van der Waals surface area contributed by atoms with Crippen LogP contribution in [0.3, 0.4) is 0 Å². The number of nitrogens with one attached hydrogen (secondary N) is 1. The van der Waals surface area contributed by atoms with Gasteiger partial charge in [-0.25, -0.2) is 0 Å². The lowest BCUT2D eigenvalue weighted by Crippen LogP contribution is -2.31. The van der Waals surface area contributed by atoms with E-state index in [1.165, 1.54) is 25.0 Å². The van der Waals surface area contributed by atoms with E-state index in [-0.39, 0.29) is 5.91 Å². The van der Waals surface area contributed by atoms with E-state index in [1.54, 1.807) is 18.2 Å². The van der Waals surface area contributed by atoms with E-state index in [9.17, 15) is 4.79 Å². The molecule has 1 aliphatic rings. The molecule has 0 saturated carbocycles. The smallest absolute Gasteiger partial charge is 0.251 e. The van der Waals surface area contributed by atoms with Crippen molar-refractivity contribution >= 4 is 45.2 Å². The van der Waals surface area contributed by atoms with Gasteiger partial charge in [0.2, 0.25) is 0 Å². The summed E-state index contributed by atoms with van der Waals surface area (Å²) in [5, 5.41) is 4.18. The van der Waals surface area contributed by atoms with Crippen molar-refractivity contribution in [1.82, 2.24) is 5.32 Å². The van der Waals surface area contributed by atoms with Crippen LogP contribution in [0.1, 0.15) is 29.6 Å². The van der Waals surface area contributed by atoms with Crippen molar-refractivity contribution in [2.75, 3.05) is 12.3 Å². The first kappa shape index (κ1) is 14.2. The van der Waals surface area contributed by atoms with Gasteiger partial charge in [-0.05, 0) is 52.7 Å². The number of amides is 1. The molecule has 98 valence electrons. The molecule has 18 heavy (non-hydrogen) atoms. The molecule has 5 heteroatoms. The number of hydrogen-bond acceptors (Lipinski definition) is 2. The van der Waals surface area contributed by atoms with E-state index in [0.29, 0.717) is 15.8 Å². The van der Waals surface area contributed by atoms with Gasteiger partial charge in [-0.1, -0.05) is 18.0 Å². The molecule has 0 aromatic heterocycles. The number of carbonyl (C=O) groups is 1. The highest BCUT2D eigenvalue weighted by atomic mass is 79.9. The number of thioether (sulfide) groups is 1. The molecule has 1 atom stereocenters. The Morgan fingerprint density at radius 1 is 1.50 bits per heavy atom. The minimum absolute atomic E-state index is 0.0291. The second-order valence-electron chi connectivity index (χ2n) is 4.33. The lowest BCUT2D eigenvalue weighted by atomic mass is 10.1. The largest absolute Gasteiger partial charge is 0.351 e. The zero-order valence-electron chi connectivity index (χ0n) is 9.92. The zero-order chi connectivity index (χ0) is 13.0. The molecule has 1 aliphatic heterocycles. The fourth-order valence-electron chi connectivity index (χ4n) is 1.91. The quantitative estimate of drug-likeness (QED) is 0.890. The van der Waals surface area contributed by atoms with Gasteiger partial charge >= 0.3 is 0 Å². The Balaban J connectivity index is 1.88. The van der Waals surface area contributed by atoms with Crippen molar-refractivity contribution in [3.05, 3.63) is 33.3 Å². The Hall–Kier alpha value is -0.190.